The van der Waals surface area contributed by atoms with Gasteiger partial charge in [0.2, 0.25) is 0 Å². The molecule has 10 aromatic carbocycles. The third-order valence-electron chi connectivity index (χ3n) is 11.5. The molecule has 0 N–H and O–H groups in total. The van der Waals surface area contributed by atoms with Crippen molar-refractivity contribution in [3.05, 3.63) is 224 Å². The van der Waals surface area contributed by atoms with E-state index in [1.54, 1.807) is 0 Å². The van der Waals surface area contributed by atoms with Gasteiger partial charge in [0.1, 0.15) is 0 Å². The first-order valence-corrected chi connectivity index (χ1v) is 20.6. The van der Waals surface area contributed by atoms with Gasteiger partial charge in [0.05, 0.1) is 0 Å². The fraction of sp³-hybridized carbons (Fsp3) is 0. The molecule has 0 spiro atoms. The van der Waals surface area contributed by atoms with Gasteiger partial charge in [-0.25, -0.2) is 0 Å². The van der Waals surface area contributed by atoms with E-state index in [4.69, 9.17) is 0 Å². The monoisotopic (exact) mass is 755 g/mol. The smallest absolute Gasteiger partial charge is 0.0467 e. The molecule has 0 saturated heterocycles. The van der Waals surface area contributed by atoms with E-state index in [1.165, 1.54) is 86.2 Å². The Morgan fingerprint density at radius 1 is 0.259 bits per heavy atom. The van der Waals surface area contributed by atoms with E-state index in [-0.39, 0.29) is 0 Å². The van der Waals surface area contributed by atoms with Gasteiger partial charge in [-0.2, -0.15) is 0 Å². The van der Waals surface area contributed by atoms with E-state index in [0.717, 1.165) is 17.1 Å². The number of thiophene rings is 1. The molecule has 11 rings (SSSR count). The summed E-state index contributed by atoms with van der Waals surface area (Å²) in [5.74, 6) is 0. The minimum Gasteiger partial charge on any atom is -0.310 e. The van der Waals surface area contributed by atoms with Crippen LogP contribution in [0.3, 0.4) is 0 Å². The zero-order valence-corrected chi connectivity index (χ0v) is 32.5. The van der Waals surface area contributed by atoms with Crippen LogP contribution in [0.15, 0.2) is 224 Å². The van der Waals surface area contributed by atoms with Crippen LogP contribution in [-0.2, 0) is 0 Å². The molecule has 1 aromatic heterocycles. The molecular formula is C56H37NS. The third kappa shape index (κ3) is 6.21. The average molecular weight is 756 g/mol. The second-order valence-corrected chi connectivity index (χ2v) is 16.0. The highest BCUT2D eigenvalue weighted by atomic mass is 32.1. The molecule has 0 aliphatic rings. The molecule has 58 heavy (non-hydrogen) atoms. The Balaban J connectivity index is 0.953. The van der Waals surface area contributed by atoms with E-state index in [0.29, 0.717) is 0 Å². The van der Waals surface area contributed by atoms with Gasteiger partial charge < -0.3 is 4.90 Å². The summed E-state index contributed by atoms with van der Waals surface area (Å²) in [5, 5.41) is 7.68. The molecule has 0 unspecified atom stereocenters. The van der Waals surface area contributed by atoms with Crippen LogP contribution in [0.2, 0.25) is 0 Å². The van der Waals surface area contributed by atoms with Crippen molar-refractivity contribution in [1.82, 2.24) is 0 Å². The predicted octanol–water partition coefficient (Wildman–Crippen LogP) is 16.5. The normalized spacial score (nSPS) is 11.4. The number of benzene rings is 10. The molecule has 272 valence electrons. The molecule has 1 heterocycles. The molecule has 2 heteroatoms. The van der Waals surface area contributed by atoms with Crippen molar-refractivity contribution in [2.75, 3.05) is 4.90 Å². The Morgan fingerprint density at radius 2 is 0.776 bits per heavy atom. The second-order valence-electron chi connectivity index (χ2n) is 15.0. The highest BCUT2D eigenvalue weighted by molar-refractivity contribution is 7.25. The van der Waals surface area contributed by atoms with E-state index in [2.05, 4.69) is 229 Å². The number of anilines is 3. The van der Waals surface area contributed by atoms with Crippen molar-refractivity contribution in [2.45, 2.75) is 0 Å². The van der Waals surface area contributed by atoms with Gasteiger partial charge in [0, 0.05) is 37.2 Å². The highest BCUT2D eigenvalue weighted by Crippen LogP contribution is 2.41. The summed E-state index contributed by atoms with van der Waals surface area (Å²) in [6.45, 7) is 0. The lowest BCUT2D eigenvalue weighted by molar-refractivity contribution is 1.28. The third-order valence-corrected chi connectivity index (χ3v) is 12.6. The van der Waals surface area contributed by atoms with Gasteiger partial charge in [-0.3, -0.25) is 0 Å². The van der Waals surface area contributed by atoms with E-state index in [1.807, 2.05) is 11.3 Å². The Hall–Kier alpha value is -7.26. The number of fused-ring (bicyclic) bond motifs is 5. The van der Waals surface area contributed by atoms with Crippen LogP contribution in [0.4, 0.5) is 17.1 Å². The number of hydrogen-bond donors (Lipinski definition) is 0. The van der Waals surface area contributed by atoms with Crippen molar-refractivity contribution in [1.29, 1.82) is 0 Å². The van der Waals surface area contributed by atoms with Gasteiger partial charge in [0.25, 0.3) is 0 Å². The number of hydrogen-bond acceptors (Lipinski definition) is 2. The lowest BCUT2D eigenvalue weighted by Gasteiger charge is -2.26. The van der Waals surface area contributed by atoms with Crippen LogP contribution in [0.5, 0.6) is 0 Å². The first-order chi connectivity index (χ1) is 28.7. The summed E-state index contributed by atoms with van der Waals surface area (Å²) >= 11 is 1.86. The molecular weight excluding hydrogens is 719 g/mol. The predicted molar refractivity (Wildman–Crippen MR) is 251 cm³/mol. The van der Waals surface area contributed by atoms with Crippen LogP contribution in [0.1, 0.15) is 0 Å². The molecule has 0 atom stereocenters. The van der Waals surface area contributed by atoms with Crippen molar-refractivity contribution < 1.29 is 0 Å². The van der Waals surface area contributed by atoms with E-state index < -0.39 is 0 Å². The van der Waals surface area contributed by atoms with E-state index >= 15 is 0 Å². The quantitative estimate of drug-likeness (QED) is 0.157. The Kier molecular flexibility index (Phi) is 8.42. The minimum absolute atomic E-state index is 1.10. The summed E-state index contributed by atoms with van der Waals surface area (Å²) in [7, 11) is 0. The van der Waals surface area contributed by atoms with Crippen molar-refractivity contribution in [2.24, 2.45) is 0 Å². The van der Waals surface area contributed by atoms with Crippen molar-refractivity contribution >= 4 is 70.1 Å². The minimum atomic E-state index is 1.10. The summed E-state index contributed by atoms with van der Waals surface area (Å²) in [6.07, 6.45) is 0. The molecule has 0 aliphatic carbocycles. The fourth-order valence-electron chi connectivity index (χ4n) is 8.47. The lowest BCUT2D eigenvalue weighted by Crippen LogP contribution is -2.10. The topological polar surface area (TPSA) is 3.24 Å². The van der Waals surface area contributed by atoms with Gasteiger partial charge in [0.15, 0.2) is 0 Å². The maximum atomic E-state index is 2.37. The van der Waals surface area contributed by atoms with Crippen LogP contribution in [0, 0.1) is 0 Å². The largest absolute Gasteiger partial charge is 0.310 e. The Morgan fingerprint density at radius 3 is 1.55 bits per heavy atom. The summed E-state index contributed by atoms with van der Waals surface area (Å²) < 4.78 is 2.65. The van der Waals surface area contributed by atoms with Gasteiger partial charge in [-0.05, 0) is 121 Å². The van der Waals surface area contributed by atoms with Gasteiger partial charge >= 0.3 is 0 Å². The van der Waals surface area contributed by atoms with Gasteiger partial charge in [-0.15, -0.1) is 11.3 Å². The molecule has 0 aliphatic heterocycles. The molecule has 11 aromatic rings. The molecule has 0 fully saturated rings. The highest BCUT2D eigenvalue weighted by Gasteiger charge is 2.15. The first-order valence-electron chi connectivity index (χ1n) is 19.8. The van der Waals surface area contributed by atoms with Crippen molar-refractivity contribution in [3.63, 3.8) is 0 Å². The van der Waals surface area contributed by atoms with E-state index in [9.17, 15) is 0 Å². The van der Waals surface area contributed by atoms with Crippen LogP contribution >= 0.6 is 11.3 Å². The zero-order chi connectivity index (χ0) is 38.4. The molecule has 0 saturated carbocycles. The summed E-state index contributed by atoms with van der Waals surface area (Å²) in [4.78, 5) is 2.37. The van der Waals surface area contributed by atoms with Gasteiger partial charge in [-0.1, -0.05) is 170 Å². The Bertz CT molecular complexity index is 3260. The second kappa shape index (κ2) is 14.4. The van der Waals surface area contributed by atoms with Crippen molar-refractivity contribution in [3.8, 4) is 44.5 Å². The van der Waals surface area contributed by atoms with Crippen LogP contribution in [-0.4, -0.2) is 0 Å². The van der Waals surface area contributed by atoms with Crippen LogP contribution < -0.4 is 4.90 Å². The number of rotatable bonds is 7. The van der Waals surface area contributed by atoms with Crippen LogP contribution in [0.25, 0.3) is 86.2 Å². The summed E-state index contributed by atoms with van der Waals surface area (Å²) in [5.41, 5.74) is 13.0. The zero-order valence-electron chi connectivity index (χ0n) is 31.7. The molecule has 0 bridgehead atoms. The standard InChI is InChI=1S/C56H37NS/c1-2-11-44-35-46(24-21-38(44)9-1)45-13-7-14-50(36-45)57(49-32-27-41(28-33-49)47-29-34-54-53-16-5-6-18-55(53)58-56(54)37-47)48-30-25-40(26-31-48)39-19-22-43(23-20-39)52-17-8-12-42-10-3-4-15-51(42)52/h1-37H. The first kappa shape index (κ1) is 34.0. The fourth-order valence-corrected chi connectivity index (χ4v) is 9.62. The molecule has 0 radical (unpaired) electrons. The Labute approximate surface area is 342 Å². The molecule has 0 amide bonds. The average Bonchev–Trinajstić information content (AvgIpc) is 3.67. The number of nitrogens with zero attached hydrogens (tertiary/aromatic N) is 1. The summed E-state index contributed by atoms with van der Waals surface area (Å²) in [6, 6.07) is 81.9. The SMILES string of the molecule is c1cc(-c2ccc3ccccc3c2)cc(N(c2ccc(-c3ccc(-c4cccc5ccccc45)cc3)cc2)c2ccc(-c3ccc4c(c3)sc3ccccc34)cc2)c1. The maximum Gasteiger partial charge on any atom is 0.0467 e. The maximum absolute atomic E-state index is 2.37. The molecule has 1 nitrogen and oxygen atoms in total. The lowest BCUT2D eigenvalue weighted by atomic mass is 9.96.